The smallest absolute Gasteiger partial charge is 0.204 e. The number of nitriles is 2. The van der Waals surface area contributed by atoms with E-state index in [9.17, 15) is 0 Å². The van der Waals surface area contributed by atoms with E-state index in [2.05, 4.69) is 0 Å². The maximum absolute atomic E-state index is 9.16. The molecule has 1 aromatic rings. The van der Waals surface area contributed by atoms with Gasteiger partial charge in [0.15, 0.2) is 0 Å². The van der Waals surface area contributed by atoms with Crippen molar-refractivity contribution in [2.75, 3.05) is 0 Å². The first kappa shape index (κ1) is 11.8. The molecule has 1 unspecified atom stereocenters. The topological polar surface area (TPSA) is 82.8 Å². The van der Waals surface area contributed by atoms with Gasteiger partial charge in [0.2, 0.25) is 5.88 Å². The number of nitrogens with zero attached hydrogens (tertiary/aromatic N) is 2. The molecular weight excluding hydrogens is 226 g/mol. The normalized spacial score (nSPS) is 18.4. The fourth-order valence-electron chi connectivity index (χ4n) is 1.87. The first-order valence-electron chi connectivity index (χ1n) is 5.40. The monoisotopic (exact) mass is 237 g/mol. The van der Waals surface area contributed by atoms with Crippen LogP contribution in [0.2, 0.25) is 0 Å². The summed E-state index contributed by atoms with van der Waals surface area (Å²) in [4.78, 5) is 0. The van der Waals surface area contributed by atoms with Crippen molar-refractivity contribution in [3.05, 3.63) is 58.7 Å². The van der Waals surface area contributed by atoms with Crippen LogP contribution in [0.3, 0.4) is 0 Å². The molecule has 0 saturated heterocycles. The number of allylic oxidation sites excluding steroid dienone is 2. The average Bonchev–Trinajstić information content (AvgIpc) is 2.39. The first-order chi connectivity index (χ1) is 8.67. The lowest BCUT2D eigenvalue weighted by atomic mass is 9.85. The molecule has 88 valence electrons. The number of nitrogens with two attached hydrogens (primary N) is 1. The molecule has 0 saturated carbocycles. The quantitative estimate of drug-likeness (QED) is 0.811. The Balaban J connectivity index is 2.54. The lowest BCUT2D eigenvalue weighted by Gasteiger charge is -2.21. The largest absolute Gasteiger partial charge is 0.447 e. The second-order valence-corrected chi connectivity index (χ2v) is 4.04. The predicted octanol–water partition coefficient (Wildman–Crippen LogP) is 2.21. The SMILES string of the molecule is Cc1ccc(C2C(C#N)=COC(N)=C2C#N)cc1. The zero-order valence-corrected chi connectivity index (χ0v) is 9.84. The van der Waals surface area contributed by atoms with E-state index in [1.54, 1.807) is 0 Å². The average molecular weight is 237 g/mol. The summed E-state index contributed by atoms with van der Waals surface area (Å²) in [6, 6.07) is 11.7. The van der Waals surface area contributed by atoms with Crippen LogP contribution in [0.15, 0.2) is 47.6 Å². The van der Waals surface area contributed by atoms with Gasteiger partial charge >= 0.3 is 0 Å². The molecule has 0 bridgehead atoms. The van der Waals surface area contributed by atoms with E-state index >= 15 is 0 Å². The molecule has 0 spiro atoms. The molecule has 4 heteroatoms. The number of rotatable bonds is 1. The lowest BCUT2D eigenvalue weighted by Crippen LogP contribution is -2.16. The minimum absolute atomic E-state index is 0.0575. The maximum atomic E-state index is 9.16. The van der Waals surface area contributed by atoms with Crippen molar-refractivity contribution in [3.8, 4) is 12.1 Å². The van der Waals surface area contributed by atoms with Gasteiger partial charge in [-0.15, -0.1) is 0 Å². The third kappa shape index (κ3) is 1.92. The fraction of sp³-hybridized carbons (Fsp3) is 0.143. The Morgan fingerprint density at radius 2 is 1.83 bits per heavy atom. The van der Waals surface area contributed by atoms with Crippen molar-refractivity contribution in [2.45, 2.75) is 12.8 Å². The molecule has 0 radical (unpaired) electrons. The minimum Gasteiger partial charge on any atom is -0.447 e. The van der Waals surface area contributed by atoms with Crippen molar-refractivity contribution in [3.63, 3.8) is 0 Å². The van der Waals surface area contributed by atoms with Crippen molar-refractivity contribution >= 4 is 0 Å². The second kappa shape index (κ2) is 4.65. The molecule has 0 aliphatic carbocycles. The van der Waals surface area contributed by atoms with E-state index in [0.717, 1.165) is 11.1 Å². The Kier molecular flexibility index (Phi) is 3.03. The van der Waals surface area contributed by atoms with Crippen molar-refractivity contribution in [1.29, 1.82) is 10.5 Å². The maximum Gasteiger partial charge on any atom is 0.204 e. The molecular formula is C14H11N3O. The van der Waals surface area contributed by atoms with E-state index < -0.39 is 5.92 Å². The van der Waals surface area contributed by atoms with Gasteiger partial charge in [0.25, 0.3) is 0 Å². The van der Waals surface area contributed by atoms with Crippen LogP contribution in [-0.4, -0.2) is 0 Å². The molecule has 1 atom stereocenters. The summed E-state index contributed by atoms with van der Waals surface area (Å²) in [6.07, 6.45) is 1.31. The number of hydrogen-bond donors (Lipinski definition) is 1. The fourth-order valence-corrected chi connectivity index (χ4v) is 1.87. The Labute approximate surface area is 105 Å². The first-order valence-corrected chi connectivity index (χ1v) is 5.40. The summed E-state index contributed by atoms with van der Waals surface area (Å²) in [5, 5.41) is 18.3. The second-order valence-electron chi connectivity index (χ2n) is 4.04. The van der Waals surface area contributed by atoms with Crippen molar-refractivity contribution in [1.82, 2.24) is 0 Å². The third-order valence-corrected chi connectivity index (χ3v) is 2.84. The van der Waals surface area contributed by atoms with Crippen LogP contribution >= 0.6 is 0 Å². The van der Waals surface area contributed by atoms with Crippen LogP contribution in [0.25, 0.3) is 0 Å². The Hall–Kier alpha value is -2.72. The van der Waals surface area contributed by atoms with Gasteiger partial charge in [0, 0.05) is 0 Å². The number of hydrogen-bond acceptors (Lipinski definition) is 4. The zero-order valence-electron chi connectivity index (χ0n) is 9.84. The molecule has 0 fully saturated rings. The number of ether oxygens (including phenoxy) is 1. The van der Waals surface area contributed by atoms with Gasteiger partial charge < -0.3 is 10.5 Å². The van der Waals surface area contributed by atoms with Gasteiger partial charge in [-0.3, -0.25) is 0 Å². The predicted molar refractivity (Wildman–Crippen MR) is 65.5 cm³/mol. The van der Waals surface area contributed by atoms with Crippen LogP contribution in [0.4, 0.5) is 0 Å². The highest BCUT2D eigenvalue weighted by Gasteiger charge is 2.28. The molecule has 2 N–H and O–H groups in total. The highest BCUT2D eigenvalue weighted by molar-refractivity contribution is 5.51. The zero-order chi connectivity index (χ0) is 13.1. The van der Waals surface area contributed by atoms with E-state index in [1.165, 1.54) is 6.26 Å². The summed E-state index contributed by atoms with van der Waals surface area (Å²) in [7, 11) is 0. The molecule has 0 amide bonds. The van der Waals surface area contributed by atoms with E-state index in [1.807, 2.05) is 43.3 Å². The molecule has 1 aromatic carbocycles. The van der Waals surface area contributed by atoms with E-state index in [4.69, 9.17) is 21.0 Å². The van der Waals surface area contributed by atoms with Crippen molar-refractivity contribution < 1.29 is 4.74 Å². The highest BCUT2D eigenvalue weighted by atomic mass is 16.5. The third-order valence-electron chi connectivity index (χ3n) is 2.84. The van der Waals surface area contributed by atoms with Crippen molar-refractivity contribution in [2.24, 2.45) is 5.73 Å². The van der Waals surface area contributed by atoms with E-state index in [0.29, 0.717) is 5.57 Å². The van der Waals surface area contributed by atoms with Crippen LogP contribution in [0, 0.1) is 29.6 Å². The number of benzene rings is 1. The molecule has 18 heavy (non-hydrogen) atoms. The van der Waals surface area contributed by atoms with Gasteiger partial charge in [0.1, 0.15) is 17.9 Å². The minimum atomic E-state index is -0.436. The van der Waals surface area contributed by atoms with Gasteiger partial charge in [-0.05, 0) is 12.5 Å². The molecule has 1 aliphatic heterocycles. The Morgan fingerprint density at radius 1 is 1.17 bits per heavy atom. The Bertz CT molecular complexity index is 612. The Morgan fingerprint density at radius 3 is 2.39 bits per heavy atom. The molecule has 0 aromatic heterocycles. The number of aryl methyl sites for hydroxylation is 1. The summed E-state index contributed by atoms with van der Waals surface area (Å²) >= 11 is 0. The summed E-state index contributed by atoms with van der Waals surface area (Å²) in [5.74, 6) is -0.378. The summed E-state index contributed by atoms with van der Waals surface area (Å²) in [5.41, 5.74) is 8.27. The van der Waals surface area contributed by atoms with Gasteiger partial charge in [-0.1, -0.05) is 29.8 Å². The summed E-state index contributed by atoms with van der Waals surface area (Å²) in [6.45, 7) is 1.98. The lowest BCUT2D eigenvalue weighted by molar-refractivity contribution is 0.326. The molecule has 4 nitrogen and oxygen atoms in total. The molecule has 2 rings (SSSR count). The highest BCUT2D eigenvalue weighted by Crippen LogP contribution is 2.35. The van der Waals surface area contributed by atoms with Crippen LogP contribution in [-0.2, 0) is 4.74 Å². The van der Waals surface area contributed by atoms with Crippen LogP contribution in [0.5, 0.6) is 0 Å². The van der Waals surface area contributed by atoms with Gasteiger partial charge in [-0.2, -0.15) is 10.5 Å². The standard InChI is InChI=1S/C14H11N3O/c1-9-2-4-10(5-3-9)13-11(6-15)8-18-14(17)12(13)7-16/h2-5,8,13H,17H2,1H3. The van der Waals surface area contributed by atoms with Crippen LogP contribution in [0.1, 0.15) is 17.0 Å². The molecule has 1 aliphatic rings. The summed E-state index contributed by atoms with van der Waals surface area (Å²) < 4.78 is 5.01. The van der Waals surface area contributed by atoms with Crippen LogP contribution < -0.4 is 5.73 Å². The van der Waals surface area contributed by atoms with E-state index in [-0.39, 0.29) is 11.5 Å². The molecule has 1 heterocycles. The van der Waals surface area contributed by atoms with Gasteiger partial charge in [-0.25, -0.2) is 0 Å². The van der Waals surface area contributed by atoms with Gasteiger partial charge in [0.05, 0.1) is 17.6 Å².